The van der Waals surface area contributed by atoms with Crippen LogP contribution in [0.15, 0.2) is 54.7 Å². The number of primary amides is 1. The molecule has 3 aromatic rings. The summed E-state index contributed by atoms with van der Waals surface area (Å²) in [6.45, 7) is 1.61. The molecule has 2 unspecified atom stereocenters. The maximum atomic E-state index is 14.2. The lowest BCUT2D eigenvalue weighted by Gasteiger charge is -2.28. The van der Waals surface area contributed by atoms with Crippen molar-refractivity contribution in [3.05, 3.63) is 65.9 Å². The van der Waals surface area contributed by atoms with Crippen LogP contribution in [0.4, 0.5) is 0 Å². The summed E-state index contributed by atoms with van der Waals surface area (Å²) < 4.78 is 0. The fourth-order valence-electron chi connectivity index (χ4n) is 5.80. The molecule has 292 valence electrons. The molecule has 6 atom stereocenters. The minimum Gasteiger partial charge on any atom is -0.508 e. The average molecular weight is 785 g/mol. The van der Waals surface area contributed by atoms with Gasteiger partial charge in [-0.3, -0.25) is 28.8 Å². The van der Waals surface area contributed by atoms with Crippen LogP contribution in [0.2, 0.25) is 0 Å². The van der Waals surface area contributed by atoms with Gasteiger partial charge >= 0.3 is 0 Å². The van der Waals surface area contributed by atoms with Gasteiger partial charge in [0.2, 0.25) is 35.4 Å². The van der Waals surface area contributed by atoms with E-state index in [1.165, 1.54) is 40.6 Å². The van der Waals surface area contributed by atoms with Crippen molar-refractivity contribution in [1.82, 2.24) is 31.6 Å². The molecular weight excluding hydrogens is 737 g/mol. The summed E-state index contributed by atoms with van der Waals surface area (Å²) in [5.41, 5.74) is 13.4. The molecule has 4 rings (SSSR count). The second kappa shape index (κ2) is 20.6. The van der Waals surface area contributed by atoms with Gasteiger partial charge in [-0.05, 0) is 62.1 Å². The van der Waals surface area contributed by atoms with E-state index in [9.17, 15) is 39.0 Å². The van der Waals surface area contributed by atoms with Crippen molar-refractivity contribution in [1.29, 1.82) is 0 Å². The molecular formula is C36H48N8O8S2. The van der Waals surface area contributed by atoms with Crippen molar-refractivity contribution in [3.63, 3.8) is 0 Å². The van der Waals surface area contributed by atoms with Gasteiger partial charge in [-0.1, -0.05) is 51.9 Å². The molecule has 0 spiro atoms. The number of benzene rings is 2. The third kappa shape index (κ3) is 12.4. The van der Waals surface area contributed by atoms with Gasteiger partial charge in [0, 0.05) is 47.9 Å². The summed E-state index contributed by atoms with van der Waals surface area (Å²) in [5.74, 6) is -4.01. The highest BCUT2D eigenvalue weighted by atomic mass is 33.1. The minimum absolute atomic E-state index is 0.000322. The molecule has 1 aliphatic rings. The minimum atomic E-state index is -1.51. The molecule has 18 heteroatoms. The highest BCUT2D eigenvalue weighted by Gasteiger charge is 2.34. The lowest BCUT2D eigenvalue weighted by atomic mass is 10.0. The van der Waals surface area contributed by atoms with Crippen molar-refractivity contribution < 1.29 is 39.0 Å². The molecule has 1 fully saturated rings. The zero-order chi connectivity index (χ0) is 39.2. The molecule has 0 aliphatic carbocycles. The van der Waals surface area contributed by atoms with Crippen LogP contribution >= 0.6 is 21.6 Å². The number of phenols is 1. The van der Waals surface area contributed by atoms with Crippen LogP contribution in [-0.4, -0.2) is 105 Å². The van der Waals surface area contributed by atoms with Crippen LogP contribution in [0.5, 0.6) is 5.75 Å². The number of unbranched alkanes of at least 4 members (excludes halogenated alkanes) is 1. The van der Waals surface area contributed by atoms with Gasteiger partial charge in [0.25, 0.3) is 0 Å². The van der Waals surface area contributed by atoms with Crippen LogP contribution in [0.3, 0.4) is 0 Å². The topological polar surface area (TPSA) is 271 Å². The molecule has 0 saturated carbocycles. The summed E-state index contributed by atoms with van der Waals surface area (Å²) in [7, 11) is 2.42. The summed E-state index contributed by atoms with van der Waals surface area (Å²) in [6.07, 6.45) is 1.39. The number of aromatic nitrogens is 1. The zero-order valence-electron chi connectivity index (χ0n) is 29.8. The summed E-state index contributed by atoms with van der Waals surface area (Å²) >= 11 is 0. The monoisotopic (exact) mass is 784 g/mol. The molecule has 12 N–H and O–H groups in total. The van der Waals surface area contributed by atoms with Crippen LogP contribution in [-0.2, 0) is 41.6 Å². The number of aromatic hydroxyl groups is 1. The molecule has 0 bridgehead atoms. The van der Waals surface area contributed by atoms with Crippen molar-refractivity contribution in [2.24, 2.45) is 11.5 Å². The Morgan fingerprint density at radius 1 is 0.833 bits per heavy atom. The maximum Gasteiger partial charge on any atom is 0.245 e. The Balaban J connectivity index is 1.71. The standard InChI is InChI=1S/C36H48N8O8S2/c1-20(45)31-36(52)43-29(32(38)48)19-54-53-15-13-30(47)40-27(16-21-9-11-23(46)12-10-21)34(50)42-28(17-22-18-39-25-7-3-2-6-24(22)25)35(51)41-26(33(49)44-31)8-4-5-14-37/h2-3,6-7,9-12,18,20,26-29,31,39,45-46H,4-5,8,13-17,19,37H2,1H3,(H2,38,48)(H,40,47)(H,41,51)(H,42,50)(H,43,52)(H,44,49)/t20-,26?,27+,28-,29?,31+/m1/s1. The van der Waals surface area contributed by atoms with Gasteiger partial charge in [0.1, 0.15) is 36.0 Å². The number of amides is 6. The summed E-state index contributed by atoms with van der Waals surface area (Å²) in [5, 5.41) is 34.5. The Bertz CT molecular complexity index is 1770. The summed E-state index contributed by atoms with van der Waals surface area (Å²) in [6, 6.07) is 7.29. The Morgan fingerprint density at radius 3 is 2.19 bits per heavy atom. The number of H-pyrrole nitrogens is 1. The van der Waals surface area contributed by atoms with Gasteiger partial charge in [0.15, 0.2) is 0 Å². The van der Waals surface area contributed by atoms with Gasteiger partial charge in [-0.15, -0.1) is 0 Å². The van der Waals surface area contributed by atoms with E-state index >= 15 is 0 Å². The number of hydrogen-bond acceptors (Lipinski definition) is 11. The maximum absolute atomic E-state index is 14.2. The second-order valence-electron chi connectivity index (χ2n) is 13.0. The predicted molar refractivity (Wildman–Crippen MR) is 207 cm³/mol. The molecule has 2 aromatic carbocycles. The third-order valence-corrected chi connectivity index (χ3v) is 11.2. The number of carbonyl (C=O) groups is 6. The molecule has 16 nitrogen and oxygen atoms in total. The molecule has 6 amide bonds. The number of nitrogens with one attached hydrogen (secondary N) is 6. The van der Waals surface area contributed by atoms with E-state index in [-0.39, 0.29) is 42.9 Å². The largest absolute Gasteiger partial charge is 0.508 e. The second-order valence-corrected chi connectivity index (χ2v) is 15.6. The highest BCUT2D eigenvalue weighted by molar-refractivity contribution is 8.76. The smallest absolute Gasteiger partial charge is 0.245 e. The van der Waals surface area contributed by atoms with Gasteiger partial charge in [-0.2, -0.15) is 0 Å². The Kier molecular flexibility index (Phi) is 16.0. The SMILES string of the molecule is C[C@@H](O)[C@@H]1NC(=O)C(CCCCN)NC(=O)[C@@H](Cc2c[nH]c3ccccc23)NC(=O)[C@H](Cc2ccc(O)cc2)NC(=O)CCSSCC(C(N)=O)NC1=O. The van der Waals surface area contributed by atoms with E-state index in [2.05, 4.69) is 31.6 Å². The van der Waals surface area contributed by atoms with Crippen LogP contribution in [0, 0.1) is 0 Å². The lowest BCUT2D eigenvalue weighted by Crippen LogP contribution is -2.61. The summed E-state index contributed by atoms with van der Waals surface area (Å²) in [4.78, 5) is 83.9. The molecule has 1 saturated heterocycles. The normalized spacial score (nSPS) is 23.3. The number of aromatic amines is 1. The van der Waals surface area contributed by atoms with E-state index < -0.39 is 71.8 Å². The van der Waals surface area contributed by atoms with E-state index in [4.69, 9.17) is 11.5 Å². The van der Waals surface area contributed by atoms with Crippen LogP contribution in [0.1, 0.15) is 43.7 Å². The number of para-hydroxylation sites is 1. The molecule has 1 aliphatic heterocycles. The molecule has 2 heterocycles. The van der Waals surface area contributed by atoms with Crippen LogP contribution < -0.4 is 38.1 Å². The van der Waals surface area contributed by atoms with Crippen LogP contribution in [0.25, 0.3) is 10.9 Å². The first-order chi connectivity index (χ1) is 25.9. The Morgan fingerprint density at radius 2 is 1.50 bits per heavy atom. The number of rotatable bonds is 10. The fraction of sp³-hybridized carbons (Fsp3) is 0.444. The molecule has 54 heavy (non-hydrogen) atoms. The number of hydrogen-bond donors (Lipinski definition) is 10. The molecule has 1 aromatic heterocycles. The van der Waals surface area contributed by atoms with Gasteiger partial charge < -0.3 is 53.2 Å². The van der Waals surface area contributed by atoms with E-state index in [1.807, 2.05) is 24.3 Å². The third-order valence-electron chi connectivity index (χ3n) is 8.79. The first kappa shape index (κ1) is 42.0. The fourth-order valence-corrected chi connectivity index (χ4v) is 7.97. The van der Waals surface area contributed by atoms with E-state index in [1.54, 1.807) is 18.3 Å². The number of phenolic OH excluding ortho intramolecular Hbond substituents is 1. The first-order valence-electron chi connectivity index (χ1n) is 17.6. The van der Waals surface area contributed by atoms with Gasteiger partial charge in [-0.25, -0.2) is 0 Å². The number of carbonyl (C=O) groups excluding carboxylic acids is 6. The van der Waals surface area contributed by atoms with Crippen molar-refractivity contribution in [3.8, 4) is 5.75 Å². The predicted octanol–water partition coefficient (Wildman–Crippen LogP) is -0.137. The Hall–Kier alpha value is -4.78. The number of fused-ring (bicyclic) bond motifs is 1. The van der Waals surface area contributed by atoms with Gasteiger partial charge in [0.05, 0.1) is 6.10 Å². The lowest BCUT2D eigenvalue weighted by molar-refractivity contribution is -0.136. The van der Waals surface area contributed by atoms with Crippen molar-refractivity contribution >= 4 is 67.9 Å². The Labute approximate surface area is 320 Å². The number of aliphatic hydroxyl groups is 1. The highest BCUT2D eigenvalue weighted by Crippen LogP contribution is 2.23. The van der Waals surface area contributed by atoms with E-state index in [0.29, 0.717) is 30.5 Å². The first-order valence-corrected chi connectivity index (χ1v) is 20.1. The average Bonchev–Trinajstić information content (AvgIpc) is 3.54. The van der Waals surface area contributed by atoms with Crippen molar-refractivity contribution in [2.45, 2.75) is 81.8 Å². The number of aliphatic hydroxyl groups excluding tert-OH is 1. The number of nitrogens with two attached hydrogens (primary N) is 2. The molecule has 0 radical (unpaired) electrons. The zero-order valence-corrected chi connectivity index (χ0v) is 31.5. The van der Waals surface area contributed by atoms with Crippen molar-refractivity contribution in [2.75, 3.05) is 18.1 Å². The van der Waals surface area contributed by atoms with E-state index in [0.717, 1.165) is 10.9 Å². The quantitative estimate of drug-likeness (QED) is 0.0955.